The zero-order chi connectivity index (χ0) is 60.5. The monoisotopic (exact) mass is 1170 g/mol. The van der Waals surface area contributed by atoms with Crippen LogP contribution in [0, 0.1) is 0 Å². The highest BCUT2D eigenvalue weighted by Gasteiger charge is 2.20. The van der Waals surface area contributed by atoms with E-state index in [1.165, 1.54) is 340 Å². The summed E-state index contributed by atoms with van der Waals surface area (Å²) in [5.74, 6) is -0.0220. The van der Waals surface area contributed by atoms with Crippen LogP contribution in [-0.4, -0.2) is 34.9 Å². The van der Waals surface area contributed by atoms with Crippen LogP contribution in [0.4, 0.5) is 0 Å². The van der Waals surface area contributed by atoms with E-state index in [0.717, 1.165) is 57.8 Å². The third-order valence-electron chi connectivity index (χ3n) is 18.0. The summed E-state index contributed by atoms with van der Waals surface area (Å²) in [7, 11) is 0. The molecule has 4 heteroatoms. The Hall–Kier alpha value is -1.91. The second-order valence-corrected chi connectivity index (χ2v) is 26.4. The van der Waals surface area contributed by atoms with Crippen molar-refractivity contribution in [3.05, 3.63) is 60.8 Å². The summed E-state index contributed by atoms with van der Waals surface area (Å²) in [6.45, 7) is 4.29. The number of aliphatic hydroxyl groups is 2. The fourth-order valence-corrected chi connectivity index (χ4v) is 12.3. The summed E-state index contributed by atoms with van der Waals surface area (Å²) in [5.41, 5.74) is 0. The zero-order valence-corrected chi connectivity index (χ0v) is 57.2. The summed E-state index contributed by atoms with van der Waals surface area (Å²) in [5, 5.41) is 23.5. The summed E-state index contributed by atoms with van der Waals surface area (Å²) in [6.07, 6.45) is 107. The lowest BCUT2D eigenvalue weighted by Crippen LogP contribution is -2.45. The quantitative estimate of drug-likeness (QED) is 0.0420. The van der Waals surface area contributed by atoms with Gasteiger partial charge in [-0.05, 0) is 57.8 Å². The van der Waals surface area contributed by atoms with Gasteiger partial charge in [0, 0.05) is 6.42 Å². The lowest BCUT2D eigenvalue weighted by Gasteiger charge is -2.22. The van der Waals surface area contributed by atoms with Crippen LogP contribution in [0.25, 0.3) is 0 Å². The molecular weight excluding hydrogens is 1020 g/mol. The molecular formula is C80H151NO3. The Kier molecular flexibility index (Phi) is 73.6. The van der Waals surface area contributed by atoms with Crippen molar-refractivity contribution in [1.82, 2.24) is 5.32 Å². The van der Waals surface area contributed by atoms with E-state index in [2.05, 4.69) is 79.9 Å². The topological polar surface area (TPSA) is 69.6 Å². The molecule has 0 heterocycles. The summed E-state index contributed by atoms with van der Waals surface area (Å²) in [6, 6.07) is -0.537. The molecule has 0 aromatic heterocycles. The maximum Gasteiger partial charge on any atom is 0.220 e. The van der Waals surface area contributed by atoms with Crippen LogP contribution < -0.4 is 5.32 Å². The molecule has 3 N–H and O–H groups in total. The molecule has 2 unspecified atom stereocenters. The molecule has 4 nitrogen and oxygen atoms in total. The molecule has 0 aromatic rings. The molecule has 0 saturated heterocycles. The van der Waals surface area contributed by atoms with Crippen LogP contribution >= 0.6 is 0 Å². The molecule has 0 fully saturated rings. The first-order valence-corrected chi connectivity index (χ1v) is 38.5. The lowest BCUT2D eigenvalue weighted by atomic mass is 10.0. The number of carbonyl (C=O) groups excluding carboxylic acids is 1. The van der Waals surface area contributed by atoms with Gasteiger partial charge in [-0.3, -0.25) is 4.79 Å². The molecule has 0 saturated carbocycles. The van der Waals surface area contributed by atoms with Gasteiger partial charge >= 0.3 is 0 Å². The van der Waals surface area contributed by atoms with Gasteiger partial charge in [0.2, 0.25) is 5.91 Å². The van der Waals surface area contributed by atoms with E-state index in [-0.39, 0.29) is 12.5 Å². The summed E-state index contributed by atoms with van der Waals surface area (Å²) < 4.78 is 0. The molecule has 84 heavy (non-hydrogen) atoms. The number of amides is 1. The highest BCUT2D eigenvalue weighted by Crippen LogP contribution is 2.20. The van der Waals surface area contributed by atoms with Gasteiger partial charge < -0.3 is 15.5 Å². The molecule has 0 bridgehead atoms. The van der Waals surface area contributed by atoms with E-state index in [0.29, 0.717) is 12.8 Å². The number of carbonyl (C=O) groups is 1. The number of hydrogen-bond donors (Lipinski definition) is 3. The Labute approximate surface area is 527 Å². The van der Waals surface area contributed by atoms with E-state index in [1.807, 2.05) is 0 Å². The Morgan fingerprint density at radius 3 is 0.786 bits per heavy atom. The minimum atomic E-state index is -0.661. The summed E-state index contributed by atoms with van der Waals surface area (Å²) >= 11 is 0. The molecule has 0 aromatic carbocycles. The first-order valence-electron chi connectivity index (χ1n) is 38.5. The Morgan fingerprint density at radius 1 is 0.298 bits per heavy atom. The molecule has 0 aliphatic carbocycles. The van der Waals surface area contributed by atoms with Crippen molar-refractivity contribution in [3.8, 4) is 0 Å². The van der Waals surface area contributed by atoms with Crippen molar-refractivity contribution in [2.75, 3.05) is 6.61 Å². The van der Waals surface area contributed by atoms with E-state index >= 15 is 0 Å². The SMILES string of the molecule is CC/C=C\C/C=C\C/C=C\C/C=C\C/C=C\CCCCCCCCCCCCCCCCCCCCCCCCCCCC(=O)NC(CO)C(O)CCCCCCCCCCCCCCCCCCCCCCCCCCCCCCCCC. The van der Waals surface area contributed by atoms with Gasteiger partial charge in [0.15, 0.2) is 0 Å². The average Bonchev–Trinajstić information content (AvgIpc) is 3.51. The second-order valence-electron chi connectivity index (χ2n) is 26.4. The van der Waals surface area contributed by atoms with E-state index in [1.54, 1.807) is 0 Å². The maximum atomic E-state index is 12.6. The van der Waals surface area contributed by atoms with Crippen LogP contribution in [0.1, 0.15) is 425 Å². The minimum absolute atomic E-state index is 0.0220. The highest BCUT2D eigenvalue weighted by atomic mass is 16.3. The molecule has 0 aliphatic heterocycles. The van der Waals surface area contributed by atoms with Crippen LogP contribution in [0.15, 0.2) is 60.8 Å². The van der Waals surface area contributed by atoms with E-state index in [4.69, 9.17) is 0 Å². The van der Waals surface area contributed by atoms with Gasteiger partial charge in [-0.1, -0.05) is 421 Å². The number of unbranched alkanes of at least 4 members (excludes halogenated alkanes) is 55. The van der Waals surface area contributed by atoms with Crippen LogP contribution in [0.5, 0.6) is 0 Å². The lowest BCUT2D eigenvalue weighted by molar-refractivity contribution is -0.123. The molecule has 494 valence electrons. The number of hydrogen-bond acceptors (Lipinski definition) is 3. The number of nitrogens with one attached hydrogen (secondary N) is 1. The number of aliphatic hydroxyl groups excluding tert-OH is 2. The van der Waals surface area contributed by atoms with Crippen LogP contribution in [-0.2, 0) is 4.79 Å². The number of allylic oxidation sites excluding steroid dienone is 10. The fourth-order valence-electron chi connectivity index (χ4n) is 12.3. The predicted octanol–water partition coefficient (Wildman–Crippen LogP) is 26.6. The van der Waals surface area contributed by atoms with Gasteiger partial charge in [-0.15, -0.1) is 0 Å². The van der Waals surface area contributed by atoms with Crippen molar-refractivity contribution >= 4 is 5.91 Å². The van der Waals surface area contributed by atoms with Crippen molar-refractivity contribution in [2.45, 2.75) is 437 Å². The minimum Gasteiger partial charge on any atom is -0.394 e. The zero-order valence-electron chi connectivity index (χ0n) is 57.2. The largest absolute Gasteiger partial charge is 0.394 e. The van der Waals surface area contributed by atoms with Gasteiger partial charge in [-0.2, -0.15) is 0 Å². The van der Waals surface area contributed by atoms with E-state index in [9.17, 15) is 15.0 Å². The Morgan fingerprint density at radius 2 is 0.524 bits per heavy atom. The average molecular weight is 1180 g/mol. The Balaban J connectivity index is 3.37. The standard InChI is InChI=1S/C80H151NO3/c1-3-5-7-9-11-13-15-17-19-21-23-25-27-29-31-33-35-36-37-38-39-40-41-42-43-44-46-48-50-52-54-56-58-60-62-64-66-68-70-72-74-76-80(84)81-78(77-82)79(83)75-73-71-69-67-65-63-61-59-57-55-53-51-49-47-45-34-32-30-28-26-24-22-20-18-16-14-12-10-8-6-4-2/h5,7,11,13,17,19,23,25,29,31,78-79,82-83H,3-4,6,8-10,12,14-16,18,20-22,24,26-28,30,32-77H2,1-2H3,(H,81,84)/b7-5-,13-11-,19-17-,25-23-,31-29-. The van der Waals surface area contributed by atoms with Gasteiger partial charge in [0.25, 0.3) is 0 Å². The number of rotatable bonds is 72. The van der Waals surface area contributed by atoms with E-state index < -0.39 is 12.1 Å². The third-order valence-corrected chi connectivity index (χ3v) is 18.0. The molecule has 0 aliphatic rings. The smallest absolute Gasteiger partial charge is 0.220 e. The molecule has 2 atom stereocenters. The van der Waals surface area contributed by atoms with Gasteiger partial charge in [-0.25, -0.2) is 0 Å². The molecule has 1 amide bonds. The first kappa shape index (κ1) is 82.1. The van der Waals surface area contributed by atoms with Crippen molar-refractivity contribution in [1.29, 1.82) is 0 Å². The van der Waals surface area contributed by atoms with Crippen LogP contribution in [0.3, 0.4) is 0 Å². The first-order chi connectivity index (χ1) is 41.7. The normalized spacial score (nSPS) is 13.0. The summed E-state index contributed by atoms with van der Waals surface area (Å²) in [4.78, 5) is 12.6. The van der Waals surface area contributed by atoms with Crippen molar-refractivity contribution in [2.24, 2.45) is 0 Å². The predicted molar refractivity (Wildman–Crippen MR) is 378 cm³/mol. The highest BCUT2D eigenvalue weighted by molar-refractivity contribution is 5.76. The van der Waals surface area contributed by atoms with Crippen molar-refractivity contribution < 1.29 is 15.0 Å². The molecule has 0 radical (unpaired) electrons. The second kappa shape index (κ2) is 75.3. The third kappa shape index (κ3) is 70.8. The molecule has 0 rings (SSSR count). The fraction of sp³-hybridized carbons (Fsp3) is 0.863. The van der Waals surface area contributed by atoms with Crippen molar-refractivity contribution in [3.63, 3.8) is 0 Å². The van der Waals surface area contributed by atoms with Gasteiger partial charge in [0.05, 0.1) is 18.8 Å². The van der Waals surface area contributed by atoms with Gasteiger partial charge in [0.1, 0.15) is 0 Å². The Bertz CT molecular complexity index is 1380. The maximum absolute atomic E-state index is 12.6. The van der Waals surface area contributed by atoms with Crippen LogP contribution in [0.2, 0.25) is 0 Å². The molecule has 0 spiro atoms.